The molecule has 3 atom stereocenters. The molecule has 2 aliphatic heterocycles. The van der Waals surface area contributed by atoms with Crippen molar-refractivity contribution in [3.8, 4) is 0 Å². The molecule has 2 heterocycles. The van der Waals surface area contributed by atoms with Gasteiger partial charge in [-0.15, -0.1) is 0 Å². The summed E-state index contributed by atoms with van der Waals surface area (Å²) in [6, 6.07) is 7.40. The molecule has 0 bridgehead atoms. The van der Waals surface area contributed by atoms with Gasteiger partial charge in [0.1, 0.15) is 6.04 Å². The summed E-state index contributed by atoms with van der Waals surface area (Å²) in [6.45, 7) is 3.95. The monoisotopic (exact) mass is 335 g/mol. The van der Waals surface area contributed by atoms with Gasteiger partial charge in [-0.2, -0.15) is 0 Å². The van der Waals surface area contributed by atoms with Crippen molar-refractivity contribution in [3.05, 3.63) is 34.9 Å². The van der Waals surface area contributed by atoms with Crippen LogP contribution in [0.5, 0.6) is 0 Å². The molecular formula is C18H26ClN3O. The first kappa shape index (κ1) is 16.7. The molecule has 0 spiro atoms. The summed E-state index contributed by atoms with van der Waals surface area (Å²) in [4.78, 5) is 17.2. The van der Waals surface area contributed by atoms with E-state index in [0.717, 1.165) is 56.4 Å². The number of nitrogens with one attached hydrogen (secondary N) is 1. The van der Waals surface area contributed by atoms with Crippen LogP contribution < -0.4 is 5.32 Å². The van der Waals surface area contributed by atoms with Crippen molar-refractivity contribution in [2.45, 2.75) is 18.9 Å². The van der Waals surface area contributed by atoms with Gasteiger partial charge in [0.05, 0.1) is 0 Å². The van der Waals surface area contributed by atoms with Crippen LogP contribution in [0.4, 0.5) is 0 Å². The Labute approximate surface area is 143 Å². The number of rotatable bonds is 3. The van der Waals surface area contributed by atoms with Crippen LogP contribution in [0.1, 0.15) is 24.4 Å². The highest BCUT2D eigenvalue weighted by molar-refractivity contribution is 6.30. The van der Waals surface area contributed by atoms with E-state index in [0.29, 0.717) is 5.02 Å². The molecule has 23 heavy (non-hydrogen) atoms. The van der Waals surface area contributed by atoms with Crippen LogP contribution in [-0.2, 0) is 4.79 Å². The minimum atomic E-state index is -0.259. The van der Waals surface area contributed by atoms with E-state index in [4.69, 9.17) is 11.6 Å². The van der Waals surface area contributed by atoms with Gasteiger partial charge in [0.15, 0.2) is 0 Å². The number of fused-ring (bicyclic) bond motifs is 1. The molecular weight excluding hydrogens is 310 g/mol. The molecule has 3 rings (SSSR count). The first-order chi connectivity index (χ1) is 11.1. The Morgan fingerprint density at radius 3 is 2.48 bits per heavy atom. The molecule has 5 heteroatoms. The van der Waals surface area contributed by atoms with Crippen LogP contribution in [0.15, 0.2) is 24.3 Å². The minimum Gasteiger partial charge on any atom is -0.341 e. The lowest BCUT2D eigenvalue weighted by Crippen LogP contribution is -2.41. The van der Waals surface area contributed by atoms with Crippen LogP contribution >= 0.6 is 11.6 Å². The third-order valence-corrected chi connectivity index (χ3v) is 5.48. The summed E-state index contributed by atoms with van der Waals surface area (Å²) in [7, 11) is 3.92. The van der Waals surface area contributed by atoms with Crippen molar-refractivity contribution < 1.29 is 4.79 Å². The van der Waals surface area contributed by atoms with E-state index >= 15 is 0 Å². The molecule has 1 N–H and O–H groups in total. The Morgan fingerprint density at radius 2 is 1.91 bits per heavy atom. The highest BCUT2D eigenvalue weighted by Crippen LogP contribution is 2.30. The maximum atomic E-state index is 13.1. The predicted molar refractivity (Wildman–Crippen MR) is 93.5 cm³/mol. The zero-order chi connectivity index (χ0) is 16.4. The van der Waals surface area contributed by atoms with E-state index in [9.17, 15) is 4.79 Å². The van der Waals surface area contributed by atoms with Crippen LogP contribution in [0.3, 0.4) is 0 Å². The highest BCUT2D eigenvalue weighted by atomic mass is 35.5. The maximum absolute atomic E-state index is 13.1. The van der Waals surface area contributed by atoms with E-state index in [1.807, 2.05) is 43.3 Å². The van der Waals surface area contributed by atoms with Gasteiger partial charge in [0.25, 0.3) is 0 Å². The van der Waals surface area contributed by atoms with Crippen molar-refractivity contribution in [3.63, 3.8) is 0 Å². The Hall–Kier alpha value is -1.10. The molecule has 0 saturated carbocycles. The number of likely N-dealkylation sites (tertiary alicyclic amines) is 1. The molecule has 1 aromatic rings. The Balaban J connectivity index is 1.76. The normalized spacial score (nSPS) is 26.0. The first-order valence-electron chi connectivity index (χ1n) is 8.47. The van der Waals surface area contributed by atoms with Crippen LogP contribution in [0, 0.1) is 11.8 Å². The molecule has 1 aromatic carbocycles. The summed E-state index contributed by atoms with van der Waals surface area (Å²) in [5, 5.41) is 4.16. The fourth-order valence-electron chi connectivity index (χ4n) is 3.95. The third-order valence-electron chi connectivity index (χ3n) is 5.25. The van der Waals surface area contributed by atoms with Crippen molar-refractivity contribution >= 4 is 17.5 Å². The van der Waals surface area contributed by atoms with Gasteiger partial charge in [-0.1, -0.05) is 23.7 Å². The largest absolute Gasteiger partial charge is 0.341 e. The molecule has 0 radical (unpaired) electrons. The van der Waals surface area contributed by atoms with E-state index in [-0.39, 0.29) is 11.9 Å². The van der Waals surface area contributed by atoms with Crippen molar-refractivity contribution in [2.75, 3.05) is 40.3 Å². The third kappa shape index (κ3) is 3.70. The number of benzene rings is 1. The molecule has 2 saturated heterocycles. The average molecular weight is 336 g/mol. The molecule has 0 aliphatic carbocycles. The summed E-state index contributed by atoms with van der Waals surface area (Å²) >= 11 is 6.12. The number of carbonyl (C=O) groups excluding carboxylic acids is 1. The fourth-order valence-corrected chi connectivity index (χ4v) is 4.15. The lowest BCUT2D eigenvalue weighted by atomic mass is 9.92. The number of halogens is 1. The van der Waals surface area contributed by atoms with E-state index in [1.54, 1.807) is 0 Å². The van der Waals surface area contributed by atoms with Crippen molar-refractivity contribution in [2.24, 2.45) is 11.8 Å². The van der Waals surface area contributed by atoms with Gasteiger partial charge in [-0.05, 0) is 69.6 Å². The van der Waals surface area contributed by atoms with Gasteiger partial charge in [-0.3, -0.25) is 9.69 Å². The number of hydrogen-bond donors (Lipinski definition) is 1. The number of nitrogens with zero attached hydrogens (tertiary/aromatic N) is 2. The molecule has 0 aromatic heterocycles. The Morgan fingerprint density at radius 1 is 1.26 bits per heavy atom. The summed E-state index contributed by atoms with van der Waals surface area (Å²) in [5.41, 5.74) is 0.971. The van der Waals surface area contributed by atoms with Crippen LogP contribution in [-0.4, -0.2) is 56.0 Å². The zero-order valence-electron chi connectivity index (χ0n) is 14.0. The smallest absolute Gasteiger partial charge is 0.244 e. The van der Waals surface area contributed by atoms with Gasteiger partial charge in [0.2, 0.25) is 5.91 Å². The lowest BCUT2D eigenvalue weighted by Gasteiger charge is -2.30. The van der Waals surface area contributed by atoms with Crippen LogP contribution in [0.25, 0.3) is 0 Å². The quantitative estimate of drug-likeness (QED) is 0.921. The van der Waals surface area contributed by atoms with E-state index < -0.39 is 0 Å². The lowest BCUT2D eigenvalue weighted by molar-refractivity contribution is -0.136. The second-order valence-corrected chi connectivity index (χ2v) is 7.44. The Bertz CT molecular complexity index is 549. The standard InChI is InChI=1S/C18H26ClN3O/c1-21(2)17(13-4-3-5-16(19)10-13)18(23)22-8-6-14-11-20-12-15(14)7-9-22/h3-5,10,14-15,17,20H,6-9,11-12H2,1-2H3/t14-,15+,17?. The highest BCUT2D eigenvalue weighted by Gasteiger charge is 2.34. The predicted octanol–water partition coefficient (Wildman–Crippen LogP) is 2.40. The van der Waals surface area contributed by atoms with Crippen molar-refractivity contribution in [1.29, 1.82) is 0 Å². The fraction of sp³-hybridized carbons (Fsp3) is 0.611. The van der Waals surface area contributed by atoms with Crippen LogP contribution in [0.2, 0.25) is 5.02 Å². The van der Waals surface area contributed by atoms with Gasteiger partial charge < -0.3 is 10.2 Å². The molecule has 126 valence electrons. The summed E-state index contributed by atoms with van der Waals surface area (Å²) in [5.74, 6) is 1.67. The van der Waals surface area contributed by atoms with Gasteiger partial charge >= 0.3 is 0 Å². The van der Waals surface area contributed by atoms with Gasteiger partial charge in [-0.25, -0.2) is 0 Å². The second kappa shape index (κ2) is 7.20. The molecule has 1 amide bonds. The van der Waals surface area contributed by atoms with Gasteiger partial charge in [0, 0.05) is 18.1 Å². The SMILES string of the molecule is CN(C)C(C(=O)N1CC[C@@H]2CNC[C@@H]2CC1)c1cccc(Cl)c1. The molecule has 2 aliphatic rings. The minimum absolute atomic E-state index is 0.199. The number of likely N-dealkylation sites (N-methyl/N-ethyl adjacent to an activating group) is 1. The average Bonchev–Trinajstić information content (AvgIpc) is 2.85. The summed E-state index contributed by atoms with van der Waals surface area (Å²) in [6.07, 6.45) is 2.22. The number of carbonyl (C=O) groups is 1. The second-order valence-electron chi connectivity index (χ2n) is 7.00. The molecule has 2 fully saturated rings. The number of hydrogen-bond acceptors (Lipinski definition) is 3. The molecule has 4 nitrogen and oxygen atoms in total. The summed E-state index contributed by atoms with van der Waals surface area (Å²) < 4.78 is 0. The Kier molecular flexibility index (Phi) is 5.24. The maximum Gasteiger partial charge on any atom is 0.244 e. The van der Waals surface area contributed by atoms with E-state index in [1.165, 1.54) is 0 Å². The molecule has 1 unspecified atom stereocenters. The number of amides is 1. The zero-order valence-corrected chi connectivity index (χ0v) is 14.7. The van der Waals surface area contributed by atoms with Crippen molar-refractivity contribution in [1.82, 2.24) is 15.1 Å². The van der Waals surface area contributed by atoms with E-state index in [2.05, 4.69) is 10.2 Å². The topological polar surface area (TPSA) is 35.6 Å². The first-order valence-corrected chi connectivity index (χ1v) is 8.85.